The molecular formula is C75H129NO24. The van der Waals surface area contributed by atoms with E-state index in [1.165, 1.54) is 0 Å². The van der Waals surface area contributed by atoms with E-state index in [9.17, 15) is 57.5 Å². The van der Waals surface area contributed by atoms with Crippen LogP contribution in [0.25, 0.3) is 0 Å². The van der Waals surface area contributed by atoms with Gasteiger partial charge in [0.15, 0.2) is 0 Å². The monoisotopic (exact) mass is 1430 g/mol. The smallest absolute Gasteiger partial charge is 0.407 e. The van der Waals surface area contributed by atoms with E-state index < -0.39 is 6.09 Å². The lowest BCUT2D eigenvalue weighted by Gasteiger charge is -2.14. The first-order valence-corrected chi connectivity index (χ1v) is 38.2. The molecule has 25 heteroatoms. The molecular weight excluding hydrogens is 1300 g/mol. The maximum Gasteiger partial charge on any atom is 0.407 e. The molecule has 0 rings (SSSR count). The van der Waals surface area contributed by atoms with Gasteiger partial charge in [-0.3, -0.25) is 52.7 Å². The van der Waals surface area contributed by atoms with Gasteiger partial charge in [-0.1, -0.05) is 40.0 Å². The van der Waals surface area contributed by atoms with Gasteiger partial charge in [0, 0.05) is 70.6 Å². The number of carbonyl (C=O) groups is 12. The summed E-state index contributed by atoms with van der Waals surface area (Å²) in [6.45, 7) is 9.76. The van der Waals surface area contributed by atoms with Crippen molar-refractivity contribution in [1.29, 1.82) is 0 Å². The van der Waals surface area contributed by atoms with Gasteiger partial charge in [0.05, 0.1) is 79.2 Å². The van der Waals surface area contributed by atoms with E-state index in [0.717, 1.165) is 51.4 Å². The average molecular weight is 1430 g/mol. The summed E-state index contributed by atoms with van der Waals surface area (Å²) in [4.78, 5) is 144. The first-order chi connectivity index (χ1) is 48.6. The predicted octanol–water partition coefficient (Wildman–Crippen LogP) is 14.3. The number of unbranched alkanes of at least 4 members (excludes halogenated alkanes) is 21. The summed E-state index contributed by atoms with van der Waals surface area (Å²) in [6.07, 6.45) is 27.8. The fourth-order valence-electron chi connectivity index (χ4n) is 9.80. The Bertz CT molecular complexity index is 2160. The molecule has 25 nitrogen and oxygen atoms in total. The Morgan fingerprint density at radius 3 is 0.650 bits per heavy atom. The van der Waals surface area contributed by atoms with E-state index >= 15 is 0 Å². The van der Waals surface area contributed by atoms with Crippen LogP contribution in [0.15, 0.2) is 0 Å². The third kappa shape index (κ3) is 68.6. The Hall–Kier alpha value is -6.56. The van der Waals surface area contributed by atoms with E-state index in [2.05, 4.69) is 19.2 Å². The third-order valence-electron chi connectivity index (χ3n) is 16.0. The number of hydrogen-bond acceptors (Lipinski definition) is 24. The molecule has 0 aliphatic carbocycles. The van der Waals surface area contributed by atoms with Crippen LogP contribution in [-0.4, -0.2) is 158 Å². The normalized spacial score (nSPS) is 11.2. The standard InChI is InChI=1S/C75H129NO24/c1-4-7-39-63(6-3)62-100-74(87)49-27-16-36-59-97-72(85)47-25-14-34-57-95-70(83)45-23-12-32-55-93-68(81)43-21-10-30-53-91-66(79)41-19-8-28-51-89-65(78)40-18-9-29-52-90-67(80)42-20-11-31-54-92-69(82)44-22-13-33-56-94-71(84)46-24-15-35-58-96-73(86)48-26-17-37-60-99-75(88)76-50-61-98-64(77)38-5-2/h63H,4-62H2,1-3H3,(H,76,88). The number of rotatable bonds is 71. The summed E-state index contributed by atoms with van der Waals surface area (Å²) >= 11 is 0. The van der Waals surface area contributed by atoms with Crippen molar-refractivity contribution in [1.82, 2.24) is 5.32 Å². The highest BCUT2D eigenvalue weighted by molar-refractivity contribution is 5.73. The Morgan fingerprint density at radius 2 is 0.430 bits per heavy atom. The van der Waals surface area contributed by atoms with Gasteiger partial charge in [-0.25, -0.2) is 4.79 Å². The molecule has 0 aromatic heterocycles. The van der Waals surface area contributed by atoms with E-state index in [0.29, 0.717) is 225 Å². The topological polar surface area (TPSA) is 328 Å². The van der Waals surface area contributed by atoms with Crippen LogP contribution in [0.3, 0.4) is 0 Å². The van der Waals surface area contributed by atoms with Crippen LogP contribution in [0.5, 0.6) is 0 Å². The van der Waals surface area contributed by atoms with Crippen LogP contribution in [-0.2, 0) is 110 Å². The van der Waals surface area contributed by atoms with Crippen molar-refractivity contribution in [3.05, 3.63) is 0 Å². The van der Waals surface area contributed by atoms with Gasteiger partial charge in [-0.15, -0.1) is 0 Å². The van der Waals surface area contributed by atoms with Gasteiger partial charge in [-0.2, -0.15) is 0 Å². The lowest BCUT2D eigenvalue weighted by atomic mass is 10.0. The number of esters is 11. The first-order valence-electron chi connectivity index (χ1n) is 38.2. The molecule has 0 bridgehead atoms. The molecule has 0 radical (unpaired) electrons. The van der Waals surface area contributed by atoms with Crippen molar-refractivity contribution in [3.8, 4) is 0 Å². The molecule has 0 fully saturated rings. The lowest BCUT2D eigenvalue weighted by molar-refractivity contribution is -0.146. The zero-order valence-electron chi connectivity index (χ0n) is 61.6. The second kappa shape index (κ2) is 70.9. The maximum absolute atomic E-state index is 12.1. The van der Waals surface area contributed by atoms with Gasteiger partial charge < -0.3 is 62.2 Å². The minimum absolute atomic E-state index is 0.0930. The van der Waals surface area contributed by atoms with E-state index in [1.54, 1.807) is 0 Å². The molecule has 1 unspecified atom stereocenters. The minimum atomic E-state index is -0.584. The number of hydrogen-bond donors (Lipinski definition) is 1. The molecule has 0 aromatic rings. The molecule has 0 aromatic carbocycles. The minimum Gasteiger partial charge on any atom is -0.466 e. The highest BCUT2D eigenvalue weighted by atomic mass is 16.6. The summed E-state index contributed by atoms with van der Waals surface area (Å²) in [5, 5.41) is 2.51. The van der Waals surface area contributed by atoms with Crippen molar-refractivity contribution in [2.24, 2.45) is 5.92 Å². The molecule has 0 saturated heterocycles. The van der Waals surface area contributed by atoms with Crippen molar-refractivity contribution in [2.45, 2.75) is 316 Å². The van der Waals surface area contributed by atoms with Gasteiger partial charge >= 0.3 is 71.8 Å². The molecule has 1 atom stereocenters. The summed E-state index contributed by atoms with van der Waals surface area (Å²) in [5.41, 5.74) is 0. The maximum atomic E-state index is 12.1. The van der Waals surface area contributed by atoms with Crippen LogP contribution in [0.2, 0.25) is 0 Å². The molecule has 0 spiro atoms. The quantitative estimate of drug-likeness (QED) is 0.0336. The van der Waals surface area contributed by atoms with Gasteiger partial charge in [0.1, 0.15) is 6.61 Å². The fourth-order valence-corrected chi connectivity index (χ4v) is 9.80. The zero-order chi connectivity index (χ0) is 73.4. The number of amides is 1. The predicted molar refractivity (Wildman–Crippen MR) is 373 cm³/mol. The lowest BCUT2D eigenvalue weighted by Crippen LogP contribution is -2.28. The SMILES string of the molecule is CCCCC(CC)COC(=O)CCCCCOC(=O)CCCCCOC(=O)CCCCCOC(=O)CCCCCOC(=O)CCCCCOC(=O)CCCCCOC(=O)CCCCCOC(=O)CCCCCOC(=O)CCCCCOC(=O)CCCCCOC(=O)NCCOC(=O)CCC. The summed E-state index contributed by atoms with van der Waals surface area (Å²) in [7, 11) is 0. The average Bonchev–Trinajstić information content (AvgIpc) is 3.79. The van der Waals surface area contributed by atoms with E-state index in [1.807, 2.05) is 6.92 Å². The van der Waals surface area contributed by atoms with Crippen LogP contribution < -0.4 is 5.32 Å². The molecule has 1 amide bonds. The van der Waals surface area contributed by atoms with E-state index in [-0.39, 0.29) is 177 Å². The Morgan fingerprint density at radius 1 is 0.220 bits per heavy atom. The second-order valence-electron chi connectivity index (χ2n) is 25.2. The molecule has 0 aliphatic rings. The molecule has 100 heavy (non-hydrogen) atoms. The highest BCUT2D eigenvalue weighted by Gasteiger charge is 2.14. The van der Waals surface area contributed by atoms with Crippen molar-refractivity contribution in [2.75, 3.05) is 85.8 Å². The molecule has 0 saturated carbocycles. The number of alkyl carbamates (subject to hydrolysis) is 1. The molecule has 0 heterocycles. The molecule has 578 valence electrons. The Kier molecular flexibility index (Phi) is 66.2. The van der Waals surface area contributed by atoms with Crippen molar-refractivity contribution < 1.29 is 114 Å². The summed E-state index contributed by atoms with van der Waals surface area (Å²) < 4.78 is 63.1. The van der Waals surface area contributed by atoms with Crippen LogP contribution in [0.4, 0.5) is 4.79 Å². The third-order valence-corrected chi connectivity index (χ3v) is 16.0. The summed E-state index contributed by atoms with van der Waals surface area (Å²) in [5.74, 6) is -2.53. The van der Waals surface area contributed by atoms with Gasteiger partial charge in [0.25, 0.3) is 0 Å². The highest BCUT2D eigenvalue weighted by Crippen LogP contribution is 2.16. The Labute approximate surface area is 597 Å². The van der Waals surface area contributed by atoms with Gasteiger partial charge in [-0.05, 0) is 211 Å². The number of nitrogens with one attached hydrogen (secondary N) is 1. The van der Waals surface area contributed by atoms with Crippen molar-refractivity contribution in [3.63, 3.8) is 0 Å². The van der Waals surface area contributed by atoms with Gasteiger partial charge in [0.2, 0.25) is 0 Å². The zero-order valence-corrected chi connectivity index (χ0v) is 61.6. The van der Waals surface area contributed by atoms with E-state index in [4.69, 9.17) is 56.8 Å². The first kappa shape index (κ1) is 93.4. The fraction of sp³-hybridized carbons (Fsp3) is 0.840. The largest absolute Gasteiger partial charge is 0.466 e. The number of carbonyl (C=O) groups excluding carboxylic acids is 12. The second-order valence-corrected chi connectivity index (χ2v) is 25.2. The van der Waals surface area contributed by atoms with Crippen LogP contribution >= 0.6 is 0 Å². The Balaban J connectivity index is 3.54. The molecule has 0 aliphatic heterocycles. The van der Waals surface area contributed by atoms with Crippen molar-refractivity contribution >= 4 is 71.8 Å². The summed E-state index contributed by atoms with van der Waals surface area (Å²) in [6, 6.07) is 0. The molecule has 1 N–H and O–H groups in total. The van der Waals surface area contributed by atoms with Crippen LogP contribution in [0, 0.1) is 5.92 Å². The number of ether oxygens (including phenoxy) is 12. The van der Waals surface area contributed by atoms with Crippen LogP contribution in [0.1, 0.15) is 316 Å².